The van der Waals surface area contributed by atoms with E-state index in [9.17, 15) is 29.7 Å². The first kappa shape index (κ1) is 15.9. The number of hydrogen-bond donors (Lipinski definition) is 4. The van der Waals surface area contributed by atoms with Crippen LogP contribution in [0.4, 0.5) is 0 Å². The van der Waals surface area contributed by atoms with Crippen LogP contribution in [0.1, 0.15) is 6.23 Å². The van der Waals surface area contributed by atoms with E-state index in [1.54, 1.807) is 0 Å². The highest BCUT2D eigenvalue weighted by Gasteiger charge is 2.46. The van der Waals surface area contributed by atoms with Gasteiger partial charge in [0.1, 0.15) is 24.1 Å². The molecule has 0 aliphatic carbocycles. The monoisotopic (exact) mass is 314 g/mol. The zero-order chi connectivity index (χ0) is 16.4. The van der Waals surface area contributed by atoms with Crippen LogP contribution in [0, 0.1) is 0 Å². The number of ether oxygens (including phenoxy) is 2. The van der Waals surface area contributed by atoms with E-state index in [-0.39, 0.29) is 0 Å². The second-order valence-corrected chi connectivity index (χ2v) is 4.54. The van der Waals surface area contributed by atoms with Crippen LogP contribution in [0.15, 0.2) is 33.7 Å². The summed E-state index contributed by atoms with van der Waals surface area (Å²) < 4.78 is 10.4. The van der Waals surface area contributed by atoms with E-state index < -0.39 is 47.5 Å². The summed E-state index contributed by atoms with van der Waals surface area (Å²) in [7, 11) is 1.09. The van der Waals surface area contributed by atoms with E-state index in [0.717, 1.165) is 23.9 Å². The van der Waals surface area contributed by atoms with Crippen molar-refractivity contribution in [2.24, 2.45) is 0 Å². The van der Waals surface area contributed by atoms with E-state index in [4.69, 9.17) is 4.74 Å². The number of carbonyl (C=O) groups is 1. The molecular weight excluding hydrogens is 300 g/mol. The molecule has 10 nitrogen and oxygen atoms in total. The minimum atomic E-state index is -1.59. The lowest BCUT2D eigenvalue weighted by Crippen LogP contribution is -2.37. The van der Waals surface area contributed by atoms with Crippen LogP contribution in [0.5, 0.6) is 0 Å². The summed E-state index contributed by atoms with van der Waals surface area (Å²) in [6.45, 7) is 0. The Labute approximate surface area is 122 Å². The molecule has 0 unspecified atom stereocenters. The predicted molar refractivity (Wildman–Crippen MR) is 70.0 cm³/mol. The lowest BCUT2D eigenvalue weighted by molar-refractivity contribution is -0.135. The van der Waals surface area contributed by atoms with Crippen molar-refractivity contribution in [3.63, 3.8) is 0 Å². The first-order valence-electron chi connectivity index (χ1n) is 6.16. The number of aliphatic hydroxyl groups is 3. The van der Waals surface area contributed by atoms with Crippen molar-refractivity contribution in [1.29, 1.82) is 0 Å². The van der Waals surface area contributed by atoms with Gasteiger partial charge in [-0.2, -0.15) is 0 Å². The Morgan fingerprint density at radius 3 is 2.68 bits per heavy atom. The van der Waals surface area contributed by atoms with Crippen molar-refractivity contribution in [3.8, 4) is 0 Å². The normalized spacial score (nSPS) is 28.6. The molecule has 0 aromatic carbocycles. The topological polar surface area (TPSA) is 151 Å². The number of nitrogens with zero attached hydrogens (tertiary/aromatic N) is 1. The molecule has 1 aliphatic heterocycles. The van der Waals surface area contributed by atoms with E-state index >= 15 is 0 Å². The molecule has 2 rings (SSSR count). The first-order chi connectivity index (χ1) is 10.3. The van der Waals surface area contributed by atoms with Gasteiger partial charge in [-0.3, -0.25) is 14.3 Å². The number of rotatable bonds is 3. The number of aromatic amines is 1. The molecule has 4 atom stereocenters. The van der Waals surface area contributed by atoms with Crippen LogP contribution in [0.3, 0.4) is 0 Å². The van der Waals surface area contributed by atoms with E-state index in [1.807, 2.05) is 4.98 Å². The Balaban J connectivity index is 2.30. The molecule has 0 bridgehead atoms. The molecular formula is C12H14N2O8. The van der Waals surface area contributed by atoms with Crippen molar-refractivity contribution < 1.29 is 29.6 Å². The summed E-state index contributed by atoms with van der Waals surface area (Å²) in [6, 6.07) is 1.03. The summed E-state index contributed by atoms with van der Waals surface area (Å²) in [4.78, 5) is 35.7. The van der Waals surface area contributed by atoms with Crippen molar-refractivity contribution >= 4 is 5.97 Å². The van der Waals surface area contributed by atoms with Crippen LogP contribution in [-0.4, -0.2) is 56.3 Å². The Kier molecular flexibility index (Phi) is 4.45. The van der Waals surface area contributed by atoms with Crippen molar-refractivity contribution in [2.45, 2.75) is 24.5 Å². The van der Waals surface area contributed by atoms with Crippen molar-refractivity contribution in [2.75, 3.05) is 7.11 Å². The molecule has 1 fully saturated rings. The fourth-order valence-electron chi connectivity index (χ4n) is 2.02. The summed E-state index contributed by atoms with van der Waals surface area (Å²) in [6.07, 6.45) is -4.19. The van der Waals surface area contributed by atoms with Crippen molar-refractivity contribution in [1.82, 2.24) is 9.55 Å². The predicted octanol–water partition coefficient (Wildman–Crippen LogP) is -2.23. The summed E-state index contributed by atoms with van der Waals surface area (Å²) in [5.41, 5.74) is -1.50. The lowest BCUT2D eigenvalue weighted by atomic mass is 10.1. The van der Waals surface area contributed by atoms with Gasteiger partial charge in [-0.25, -0.2) is 9.59 Å². The van der Waals surface area contributed by atoms with Gasteiger partial charge in [0.25, 0.3) is 5.56 Å². The second-order valence-electron chi connectivity index (χ2n) is 4.54. The number of H-pyrrole nitrogens is 1. The fourth-order valence-corrected chi connectivity index (χ4v) is 2.02. The zero-order valence-corrected chi connectivity index (χ0v) is 11.4. The van der Waals surface area contributed by atoms with Gasteiger partial charge in [-0.1, -0.05) is 0 Å². The third-order valence-corrected chi connectivity index (χ3v) is 3.12. The SMILES string of the molecule is COC(=O)C=C(O)[C@H]1O[C@@H](n2ccc(=O)[nH]c2=O)[C@H](O)[C@@H]1O. The third kappa shape index (κ3) is 2.93. The van der Waals surface area contributed by atoms with Gasteiger partial charge >= 0.3 is 11.7 Å². The summed E-state index contributed by atoms with van der Waals surface area (Å²) in [5, 5.41) is 29.5. The minimum absolute atomic E-state index is 0.640. The van der Waals surface area contributed by atoms with Crippen LogP contribution in [0.25, 0.3) is 0 Å². The Bertz CT molecular complexity index is 706. The first-order valence-corrected chi connectivity index (χ1v) is 6.16. The molecule has 1 aliphatic rings. The fraction of sp³-hybridized carbons (Fsp3) is 0.417. The van der Waals surface area contributed by atoms with Crippen molar-refractivity contribution in [3.05, 3.63) is 44.9 Å². The molecule has 1 saturated heterocycles. The molecule has 10 heteroatoms. The average Bonchev–Trinajstić information content (AvgIpc) is 2.75. The standard InChI is InChI=1S/C12H14N2O8/c1-21-7(17)4-5(15)10-8(18)9(19)11(22-10)14-3-2-6(16)13-12(14)20/h2-4,8-11,15,18-19H,1H3,(H,13,16,20)/t8-,9+,10+,11+/m0/s1. The zero-order valence-electron chi connectivity index (χ0n) is 11.4. The van der Waals surface area contributed by atoms with E-state index in [2.05, 4.69) is 4.74 Å². The van der Waals surface area contributed by atoms with E-state index in [1.165, 1.54) is 0 Å². The van der Waals surface area contributed by atoms with Gasteiger partial charge in [-0.05, 0) is 0 Å². The maximum absolute atomic E-state index is 11.7. The van der Waals surface area contributed by atoms with Gasteiger partial charge in [0.2, 0.25) is 0 Å². The lowest BCUT2D eigenvalue weighted by Gasteiger charge is -2.16. The molecule has 2 heterocycles. The van der Waals surface area contributed by atoms with Gasteiger partial charge in [-0.15, -0.1) is 0 Å². The number of carbonyl (C=O) groups excluding carboxylic acids is 1. The molecule has 4 N–H and O–H groups in total. The largest absolute Gasteiger partial charge is 0.509 e. The Morgan fingerprint density at radius 1 is 1.41 bits per heavy atom. The van der Waals surface area contributed by atoms with E-state index in [0.29, 0.717) is 6.08 Å². The quantitative estimate of drug-likeness (QED) is 0.278. The van der Waals surface area contributed by atoms with Crippen LogP contribution >= 0.6 is 0 Å². The molecule has 0 radical (unpaired) electrons. The number of hydrogen-bond acceptors (Lipinski definition) is 8. The Hall–Kier alpha value is -2.43. The van der Waals surface area contributed by atoms with Gasteiger partial charge in [0.05, 0.1) is 13.2 Å². The second kappa shape index (κ2) is 6.13. The molecule has 0 saturated carbocycles. The molecule has 120 valence electrons. The highest BCUT2D eigenvalue weighted by Crippen LogP contribution is 2.31. The van der Waals surface area contributed by atoms with Crippen LogP contribution in [0.2, 0.25) is 0 Å². The maximum Gasteiger partial charge on any atom is 0.333 e. The highest BCUT2D eigenvalue weighted by atomic mass is 16.6. The number of nitrogens with one attached hydrogen (secondary N) is 1. The Morgan fingerprint density at radius 2 is 2.09 bits per heavy atom. The maximum atomic E-state index is 11.7. The molecule has 1 aromatic rings. The third-order valence-electron chi connectivity index (χ3n) is 3.12. The van der Waals surface area contributed by atoms with Gasteiger partial charge in [0.15, 0.2) is 6.23 Å². The number of esters is 1. The van der Waals surface area contributed by atoms with Crippen LogP contribution < -0.4 is 11.2 Å². The smallest absolute Gasteiger partial charge is 0.333 e. The summed E-state index contributed by atoms with van der Waals surface area (Å²) in [5.74, 6) is -1.55. The van der Waals surface area contributed by atoms with Gasteiger partial charge in [0, 0.05) is 12.3 Å². The molecule has 0 spiro atoms. The number of methoxy groups -OCH3 is 1. The molecule has 22 heavy (non-hydrogen) atoms. The minimum Gasteiger partial charge on any atom is -0.509 e. The molecule has 1 aromatic heterocycles. The highest BCUT2D eigenvalue weighted by molar-refractivity contribution is 5.82. The average molecular weight is 314 g/mol. The summed E-state index contributed by atoms with van der Waals surface area (Å²) >= 11 is 0. The number of aromatic nitrogens is 2. The van der Waals surface area contributed by atoms with Gasteiger partial charge < -0.3 is 24.8 Å². The number of aliphatic hydroxyl groups excluding tert-OH is 3. The van der Waals surface area contributed by atoms with Crippen LogP contribution in [-0.2, 0) is 14.3 Å². The molecule has 0 amide bonds.